The van der Waals surface area contributed by atoms with E-state index in [2.05, 4.69) is 13.8 Å². The van der Waals surface area contributed by atoms with Crippen LogP contribution in [0.25, 0.3) is 10.8 Å². The number of fused-ring (bicyclic) bond motifs is 1. The highest BCUT2D eigenvalue weighted by molar-refractivity contribution is 7.89. The number of hydrogen-bond donors (Lipinski definition) is 0. The van der Waals surface area contributed by atoms with Crippen LogP contribution in [0.3, 0.4) is 0 Å². The van der Waals surface area contributed by atoms with Crippen LogP contribution >= 0.6 is 0 Å². The maximum atomic E-state index is 13.7. The molecule has 1 saturated carbocycles. The summed E-state index contributed by atoms with van der Waals surface area (Å²) in [6, 6.07) is 16.6. The van der Waals surface area contributed by atoms with Crippen LogP contribution in [-0.2, 0) is 28.4 Å². The number of sulfonamides is 1. The molecular formula is C25H31N3O3S. The Balaban J connectivity index is 1.63. The number of amides is 1. The second kappa shape index (κ2) is 9.08. The number of benzene rings is 2. The lowest BCUT2D eigenvalue weighted by Crippen LogP contribution is -2.44. The number of carbonyl (C=O) groups excluding carboxylic acids is 1. The first-order valence-corrected chi connectivity index (χ1v) is 12.6. The molecule has 0 atom stereocenters. The first-order chi connectivity index (χ1) is 15.3. The molecule has 0 bridgehead atoms. The molecule has 0 N–H and O–H groups in total. The van der Waals surface area contributed by atoms with E-state index in [4.69, 9.17) is 0 Å². The summed E-state index contributed by atoms with van der Waals surface area (Å²) in [5, 5.41) is 1.57. The molecule has 1 aliphatic rings. The highest BCUT2D eigenvalue weighted by Gasteiger charge is 2.40. The smallest absolute Gasteiger partial charge is 0.244 e. The molecule has 0 radical (unpaired) electrons. The van der Waals surface area contributed by atoms with Crippen LogP contribution in [0.2, 0.25) is 0 Å². The van der Waals surface area contributed by atoms with Crippen molar-refractivity contribution in [1.29, 1.82) is 0 Å². The second-order valence-corrected chi connectivity index (χ2v) is 10.9. The fraction of sp³-hybridized carbons (Fsp3) is 0.400. The summed E-state index contributed by atoms with van der Waals surface area (Å²) in [4.78, 5) is 15.5. The number of nitrogens with zero attached hydrogens (tertiary/aromatic N) is 3. The summed E-state index contributed by atoms with van der Waals surface area (Å²) in [5.41, 5.74) is 1.02. The highest BCUT2D eigenvalue weighted by atomic mass is 32.2. The number of carbonyl (C=O) groups is 1. The van der Waals surface area contributed by atoms with Crippen molar-refractivity contribution in [3.8, 4) is 0 Å². The Labute approximate surface area is 190 Å². The average Bonchev–Trinajstić information content (AvgIpc) is 3.52. The first-order valence-electron chi connectivity index (χ1n) is 11.1. The molecule has 3 aromatic rings. The van der Waals surface area contributed by atoms with E-state index in [9.17, 15) is 13.2 Å². The molecule has 0 aliphatic heterocycles. The maximum Gasteiger partial charge on any atom is 0.244 e. The van der Waals surface area contributed by atoms with Gasteiger partial charge in [-0.15, -0.1) is 0 Å². The quantitative estimate of drug-likeness (QED) is 0.492. The highest BCUT2D eigenvalue weighted by Crippen LogP contribution is 2.34. The van der Waals surface area contributed by atoms with Crippen LogP contribution in [-0.4, -0.2) is 47.2 Å². The van der Waals surface area contributed by atoms with E-state index in [1.807, 2.05) is 60.3 Å². The minimum absolute atomic E-state index is 0.112. The predicted octanol–water partition coefficient (Wildman–Crippen LogP) is 4.02. The standard InChI is InChI=1S/C25H31N3O3S/c1-19(2)16-27(17-22-10-7-15-26(22)3)25(29)18-28(21-13-14-21)32(30,31)24-12-6-9-20-8-4-5-11-23(20)24/h4-12,15,19,21H,13-14,16-18H2,1-3H3. The van der Waals surface area contributed by atoms with Gasteiger partial charge in [0.15, 0.2) is 0 Å². The molecule has 1 aromatic heterocycles. The van der Waals surface area contributed by atoms with Gasteiger partial charge in [0.1, 0.15) is 0 Å². The molecule has 1 amide bonds. The Morgan fingerprint density at radius 2 is 1.78 bits per heavy atom. The number of hydrogen-bond acceptors (Lipinski definition) is 3. The zero-order valence-corrected chi connectivity index (χ0v) is 19.8. The van der Waals surface area contributed by atoms with Crippen LogP contribution in [0.4, 0.5) is 0 Å². The lowest BCUT2D eigenvalue weighted by molar-refractivity contribution is -0.132. The van der Waals surface area contributed by atoms with Crippen LogP contribution in [0.5, 0.6) is 0 Å². The van der Waals surface area contributed by atoms with Gasteiger partial charge in [-0.2, -0.15) is 4.31 Å². The van der Waals surface area contributed by atoms with Crippen molar-refractivity contribution in [2.45, 2.75) is 44.2 Å². The third-order valence-electron chi connectivity index (χ3n) is 5.92. The summed E-state index contributed by atoms with van der Waals surface area (Å²) in [6.45, 7) is 5.05. The van der Waals surface area contributed by atoms with Gasteiger partial charge in [-0.1, -0.05) is 50.2 Å². The van der Waals surface area contributed by atoms with Gasteiger partial charge in [-0.05, 0) is 42.3 Å². The van der Waals surface area contributed by atoms with Gasteiger partial charge in [0.05, 0.1) is 18.0 Å². The molecule has 0 saturated heterocycles. The molecule has 4 rings (SSSR count). The number of rotatable bonds is 9. The predicted molar refractivity (Wildman–Crippen MR) is 127 cm³/mol. The van der Waals surface area contributed by atoms with E-state index in [1.54, 1.807) is 17.0 Å². The van der Waals surface area contributed by atoms with Crippen molar-refractivity contribution >= 4 is 26.7 Å². The molecule has 7 heteroatoms. The number of aryl methyl sites for hydroxylation is 1. The van der Waals surface area contributed by atoms with Gasteiger partial charge in [0.2, 0.25) is 15.9 Å². The van der Waals surface area contributed by atoms with Gasteiger partial charge < -0.3 is 9.47 Å². The zero-order chi connectivity index (χ0) is 22.9. The second-order valence-electron chi connectivity index (χ2n) is 9.04. The molecule has 1 fully saturated rings. The van der Waals surface area contributed by atoms with E-state index >= 15 is 0 Å². The van der Waals surface area contributed by atoms with E-state index < -0.39 is 10.0 Å². The minimum atomic E-state index is -3.81. The Bertz CT molecular complexity index is 1210. The molecular weight excluding hydrogens is 422 g/mol. The van der Waals surface area contributed by atoms with E-state index in [-0.39, 0.29) is 29.3 Å². The summed E-state index contributed by atoms with van der Waals surface area (Å²) in [7, 11) is -1.86. The summed E-state index contributed by atoms with van der Waals surface area (Å²) in [5.74, 6) is 0.124. The normalized spacial score (nSPS) is 14.4. The maximum absolute atomic E-state index is 13.7. The third kappa shape index (κ3) is 4.74. The van der Waals surface area contributed by atoms with E-state index in [1.165, 1.54) is 4.31 Å². The molecule has 6 nitrogen and oxygen atoms in total. The molecule has 32 heavy (non-hydrogen) atoms. The summed E-state index contributed by atoms with van der Waals surface area (Å²) in [6.07, 6.45) is 3.54. The third-order valence-corrected chi connectivity index (χ3v) is 7.88. The van der Waals surface area contributed by atoms with Crippen LogP contribution in [0.1, 0.15) is 32.4 Å². The van der Waals surface area contributed by atoms with Crippen molar-refractivity contribution < 1.29 is 13.2 Å². The van der Waals surface area contributed by atoms with Crippen LogP contribution in [0, 0.1) is 5.92 Å². The molecule has 0 unspecified atom stereocenters. The van der Waals surface area contributed by atoms with Crippen LogP contribution < -0.4 is 0 Å². The van der Waals surface area contributed by atoms with Gasteiger partial charge in [0, 0.05) is 36.9 Å². The summed E-state index contributed by atoms with van der Waals surface area (Å²) >= 11 is 0. The van der Waals surface area contributed by atoms with Crippen molar-refractivity contribution in [3.63, 3.8) is 0 Å². The fourth-order valence-electron chi connectivity index (χ4n) is 4.10. The van der Waals surface area contributed by atoms with Crippen molar-refractivity contribution in [1.82, 2.24) is 13.8 Å². The summed E-state index contributed by atoms with van der Waals surface area (Å²) < 4.78 is 30.9. The Hall–Kier alpha value is -2.64. The van der Waals surface area contributed by atoms with Gasteiger partial charge >= 0.3 is 0 Å². The van der Waals surface area contributed by atoms with Gasteiger partial charge in [0.25, 0.3) is 0 Å². The average molecular weight is 454 g/mol. The topological polar surface area (TPSA) is 62.6 Å². The van der Waals surface area contributed by atoms with Crippen molar-refractivity contribution in [2.75, 3.05) is 13.1 Å². The van der Waals surface area contributed by atoms with Gasteiger partial charge in [-0.3, -0.25) is 4.79 Å². The Morgan fingerprint density at radius 1 is 1.06 bits per heavy atom. The lowest BCUT2D eigenvalue weighted by Gasteiger charge is -2.29. The molecule has 0 spiro atoms. The lowest BCUT2D eigenvalue weighted by atomic mass is 10.1. The van der Waals surface area contributed by atoms with Gasteiger partial charge in [-0.25, -0.2) is 8.42 Å². The first kappa shape index (κ1) is 22.6. The monoisotopic (exact) mass is 453 g/mol. The fourth-order valence-corrected chi connectivity index (χ4v) is 5.96. The molecule has 2 aromatic carbocycles. The zero-order valence-electron chi connectivity index (χ0n) is 18.9. The van der Waals surface area contributed by atoms with Crippen molar-refractivity contribution in [2.24, 2.45) is 13.0 Å². The van der Waals surface area contributed by atoms with E-state index in [0.29, 0.717) is 18.5 Å². The van der Waals surface area contributed by atoms with E-state index in [0.717, 1.165) is 23.9 Å². The SMILES string of the molecule is CC(C)CN(Cc1cccn1C)C(=O)CN(C1CC1)S(=O)(=O)c1cccc2ccccc12. The molecule has 1 aliphatic carbocycles. The molecule has 1 heterocycles. The largest absolute Gasteiger partial charge is 0.353 e. The van der Waals surface area contributed by atoms with Crippen LogP contribution in [0.15, 0.2) is 65.7 Å². The minimum Gasteiger partial charge on any atom is -0.353 e. The Morgan fingerprint density at radius 3 is 2.44 bits per heavy atom. The van der Waals surface area contributed by atoms with Crippen molar-refractivity contribution in [3.05, 3.63) is 66.5 Å². The number of aromatic nitrogens is 1. The Kier molecular flexibility index (Phi) is 6.40. The molecule has 170 valence electrons.